The van der Waals surface area contributed by atoms with Gasteiger partial charge in [-0.15, -0.1) is 0 Å². The van der Waals surface area contributed by atoms with Crippen LogP contribution in [0.1, 0.15) is 52.8 Å². The first-order chi connectivity index (χ1) is 13.1. The SMILES string of the molecule is CCc1ccc(C(=O)N(Cc2cccc(C)n2)C(C)c2ccccc2)cc1. The van der Waals surface area contributed by atoms with Gasteiger partial charge < -0.3 is 4.90 Å². The lowest BCUT2D eigenvalue weighted by Crippen LogP contribution is -2.33. The van der Waals surface area contributed by atoms with Crippen molar-refractivity contribution in [3.63, 3.8) is 0 Å². The summed E-state index contributed by atoms with van der Waals surface area (Å²) in [4.78, 5) is 19.8. The fourth-order valence-corrected chi connectivity index (χ4v) is 3.21. The Morgan fingerprint density at radius 1 is 0.963 bits per heavy atom. The first kappa shape index (κ1) is 18.8. The van der Waals surface area contributed by atoms with Crippen LogP contribution in [0.2, 0.25) is 0 Å². The molecule has 0 aliphatic heterocycles. The molecular formula is C24H26N2O. The Hall–Kier alpha value is -2.94. The number of carbonyl (C=O) groups excluding carboxylic acids is 1. The van der Waals surface area contributed by atoms with Gasteiger partial charge in [-0.25, -0.2) is 0 Å². The highest BCUT2D eigenvalue weighted by molar-refractivity contribution is 5.94. The molecule has 3 aromatic rings. The quantitative estimate of drug-likeness (QED) is 0.594. The molecule has 1 unspecified atom stereocenters. The van der Waals surface area contributed by atoms with Crippen molar-refractivity contribution >= 4 is 5.91 Å². The van der Waals surface area contributed by atoms with Gasteiger partial charge in [0.2, 0.25) is 0 Å². The standard InChI is InChI=1S/C24H26N2O/c1-4-20-13-15-22(16-14-20)24(27)26(17-23-12-8-9-18(2)25-23)19(3)21-10-6-5-7-11-21/h5-16,19H,4,17H2,1-3H3. The normalized spacial score (nSPS) is 11.8. The lowest BCUT2D eigenvalue weighted by Gasteiger charge is -2.30. The molecular weight excluding hydrogens is 332 g/mol. The number of hydrogen-bond donors (Lipinski definition) is 0. The minimum atomic E-state index is -0.0492. The summed E-state index contributed by atoms with van der Waals surface area (Å²) in [5, 5.41) is 0. The topological polar surface area (TPSA) is 33.2 Å². The van der Waals surface area contributed by atoms with Gasteiger partial charge >= 0.3 is 0 Å². The van der Waals surface area contributed by atoms with Crippen molar-refractivity contribution in [1.82, 2.24) is 9.88 Å². The largest absolute Gasteiger partial charge is 0.326 e. The third-order valence-electron chi connectivity index (χ3n) is 4.90. The van der Waals surface area contributed by atoms with Crippen molar-refractivity contribution in [2.75, 3.05) is 0 Å². The van der Waals surface area contributed by atoms with Gasteiger partial charge in [-0.05, 0) is 55.7 Å². The zero-order valence-corrected chi connectivity index (χ0v) is 16.2. The van der Waals surface area contributed by atoms with Gasteiger partial charge in [-0.2, -0.15) is 0 Å². The Morgan fingerprint density at radius 3 is 2.30 bits per heavy atom. The van der Waals surface area contributed by atoms with Gasteiger partial charge in [0.15, 0.2) is 0 Å². The molecule has 3 nitrogen and oxygen atoms in total. The summed E-state index contributed by atoms with van der Waals surface area (Å²) < 4.78 is 0. The molecule has 0 bridgehead atoms. The Labute approximate surface area is 161 Å². The van der Waals surface area contributed by atoms with E-state index in [4.69, 9.17) is 0 Å². The number of aromatic nitrogens is 1. The second-order valence-corrected chi connectivity index (χ2v) is 6.84. The van der Waals surface area contributed by atoms with Crippen LogP contribution >= 0.6 is 0 Å². The van der Waals surface area contributed by atoms with Crippen molar-refractivity contribution in [3.8, 4) is 0 Å². The van der Waals surface area contributed by atoms with Crippen LogP contribution in [-0.4, -0.2) is 15.8 Å². The second-order valence-electron chi connectivity index (χ2n) is 6.84. The Balaban J connectivity index is 1.93. The van der Waals surface area contributed by atoms with E-state index in [-0.39, 0.29) is 11.9 Å². The fourth-order valence-electron chi connectivity index (χ4n) is 3.21. The molecule has 0 saturated carbocycles. The van der Waals surface area contributed by atoms with Gasteiger partial charge in [0, 0.05) is 11.3 Å². The number of benzene rings is 2. The molecule has 0 radical (unpaired) electrons. The van der Waals surface area contributed by atoms with Crippen LogP contribution in [0.25, 0.3) is 0 Å². The van der Waals surface area contributed by atoms with E-state index in [0.29, 0.717) is 12.1 Å². The molecule has 1 amide bonds. The maximum Gasteiger partial charge on any atom is 0.254 e. The van der Waals surface area contributed by atoms with Gasteiger partial charge in [0.1, 0.15) is 0 Å². The van der Waals surface area contributed by atoms with E-state index < -0.39 is 0 Å². The van der Waals surface area contributed by atoms with E-state index >= 15 is 0 Å². The molecule has 0 aliphatic carbocycles. The molecule has 0 saturated heterocycles. The maximum absolute atomic E-state index is 13.3. The number of pyridine rings is 1. The monoisotopic (exact) mass is 358 g/mol. The van der Waals surface area contributed by atoms with Gasteiger partial charge in [0.25, 0.3) is 5.91 Å². The van der Waals surface area contributed by atoms with Crippen molar-refractivity contribution in [2.45, 2.75) is 39.8 Å². The smallest absolute Gasteiger partial charge is 0.254 e. The summed E-state index contributed by atoms with van der Waals surface area (Å²) in [6.45, 7) is 6.64. The highest BCUT2D eigenvalue weighted by Crippen LogP contribution is 2.24. The summed E-state index contributed by atoms with van der Waals surface area (Å²) in [5.74, 6) is 0.0253. The highest BCUT2D eigenvalue weighted by atomic mass is 16.2. The van der Waals surface area contributed by atoms with Crippen molar-refractivity contribution < 1.29 is 4.79 Å². The molecule has 0 N–H and O–H groups in total. The first-order valence-corrected chi connectivity index (χ1v) is 9.46. The molecule has 138 valence electrons. The van der Waals surface area contributed by atoms with Crippen molar-refractivity contribution in [2.24, 2.45) is 0 Å². The third kappa shape index (κ3) is 4.62. The number of carbonyl (C=O) groups is 1. The van der Waals surface area contributed by atoms with E-state index in [1.165, 1.54) is 5.56 Å². The Bertz CT molecular complexity index is 888. The van der Waals surface area contributed by atoms with Crippen LogP contribution in [0.4, 0.5) is 0 Å². The van der Waals surface area contributed by atoms with Crippen LogP contribution in [0.3, 0.4) is 0 Å². The number of rotatable bonds is 6. The molecule has 27 heavy (non-hydrogen) atoms. The van der Waals surface area contributed by atoms with Gasteiger partial charge in [-0.3, -0.25) is 9.78 Å². The Kier molecular flexibility index (Phi) is 6.02. The van der Waals surface area contributed by atoms with Gasteiger partial charge in [0.05, 0.1) is 18.3 Å². The minimum Gasteiger partial charge on any atom is -0.326 e. The molecule has 0 aliphatic rings. The predicted octanol–water partition coefficient (Wildman–Crippen LogP) is 5.36. The van der Waals surface area contributed by atoms with Crippen LogP contribution in [0.15, 0.2) is 72.8 Å². The first-order valence-electron chi connectivity index (χ1n) is 9.46. The maximum atomic E-state index is 13.3. The van der Waals surface area contributed by atoms with Gasteiger partial charge in [-0.1, -0.05) is 55.5 Å². The van der Waals surface area contributed by atoms with Crippen LogP contribution in [0.5, 0.6) is 0 Å². The molecule has 2 aromatic carbocycles. The fraction of sp³-hybridized carbons (Fsp3) is 0.250. The molecule has 0 spiro atoms. The molecule has 0 fully saturated rings. The number of aryl methyl sites for hydroxylation is 2. The molecule has 1 atom stereocenters. The van der Waals surface area contributed by atoms with E-state index in [0.717, 1.165) is 23.4 Å². The van der Waals surface area contributed by atoms with E-state index in [1.807, 2.05) is 72.5 Å². The number of hydrogen-bond acceptors (Lipinski definition) is 2. The van der Waals surface area contributed by atoms with E-state index in [1.54, 1.807) is 0 Å². The van der Waals surface area contributed by atoms with Crippen LogP contribution < -0.4 is 0 Å². The highest BCUT2D eigenvalue weighted by Gasteiger charge is 2.23. The zero-order chi connectivity index (χ0) is 19.2. The number of amides is 1. The average molecular weight is 358 g/mol. The van der Waals surface area contributed by atoms with Crippen molar-refractivity contribution in [3.05, 3.63) is 101 Å². The third-order valence-corrected chi connectivity index (χ3v) is 4.90. The van der Waals surface area contributed by atoms with Crippen LogP contribution in [-0.2, 0) is 13.0 Å². The lowest BCUT2D eigenvalue weighted by molar-refractivity contribution is 0.0671. The van der Waals surface area contributed by atoms with Crippen LogP contribution in [0, 0.1) is 6.92 Å². The lowest BCUT2D eigenvalue weighted by atomic mass is 10.0. The summed E-state index contributed by atoms with van der Waals surface area (Å²) >= 11 is 0. The van der Waals surface area contributed by atoms with E-state index in [9.17, 15) is 4.79 Å². The molecule has 1 aromatic heterocycles. The average Bonchev–Trinajstić information content (AvgIpc) is 2.72. The number of nitrogens with zero attached hydrogens (tertiary/aromatic N) is 2. The molecule has 3 rings (SSSR count). The summed E-state index contributed by atoms with van der Waals surface area (Å²) in [7, 11) is 0. The summed E-state index contributed by atoms with van der Waals surface area (Å²) in [5.41, 5.74) is 4.91. The predicted molar refractivity (Wildman–Crippen MR) is 110 cm³/mol. The Morgan fingerprint density at radius 2 is 1.67 bits per heavy atom. The molecule has 1 heterocycles. The molecule has 3 heteroatoms. The summed E-state index contributed by atoms with van der Waals surface area (Å²) in [6, 6.07) is 23.9. The zero-order valence-electron chi connectivity index (χ0n) is 16.2. The minimum absolute atomic E-state index is 0.0253. The van der Waals surface area contributed by atoms with Crippen molar-refractivity contribution in [1.29, 1.82) is 0 Å². The van der Waals surface area contributed by atoms with E-state index in [2.05, 4.69) is 31.0 Å². The summed E-state index contributed by atoms with van der Waals surface area (Å²) in [6.07, 6.45) is 0.964. The second kappa shape index (κ2) is 8.63.